The molecule has 0 saturated heterocycles. The van der Waals surface area contributed by atoms with Gasteiger partial charge in [0.05, 0.1) is 30.9 Å². The van der Waals surface area contributed by atoms with Crippen LogP contribution < -0.4 is 41.4 Å². The van der Waals surface area contributed by atoms with Gasteiger partial charge in [-0.15, -0.1) is 0 Å². The van der Waals surface area contributed by atoms with Crippen molar-refractivity contribution in [3.63, 3.8) is 0 Å². The van der Waals surface area contributed by atoms with Crippen molar-refractivity contribution in [2.45, 2.75) is 125 Å². The molecule has 0 fully saturated rings. The second-order valence-electron chi connectivity index (χ2n) is 35.9. The highest BCUT2D eigenvalue weighted by atomic mass is 79.9. The number of para-hydroxylation sites is 1. The van der Waals surface area contributed by atoms with Crippen molar-refractivity contribution in [3.8, 4) is 17.6 Å². The molecule has 0 radical (unpaired) electrons. The van der Waals surface area contributed by atoms with E-state index in [-0.39, 0.29) is 60.8 Å². The number of hydrogen-bond donors (Lipinski definition) is 12. The Balaban J connectivity index is 0.000000109. The molecule has 12 aromatic carbocycles. The number of nitrogens with one attached hydrogen (secondary N) is 12. The van der Waals surface area contributed by atoms with Gasteiger partial charge in [0.1, 0.15) is 29.0 Å². The Hall–Kier alpha value is -12.6. The summed E-state index contributed by atoms with van der Waals surface area (Å²) >= 11 is 16.2. The summed E-state index contributed by atoms with van der Waals surface area (Å²) in [5, 5.41) is 37.6. The largest absolute Gasteiger partial charge is 0.497 e. The zero-order valence-corrected chi connectivity index (χ0v) is 79.3. The smallest absolute Gasteiger partial charge is 0.160 e. The standard InChI is InChI=1S/C19H16ClN3.C19H19ClN2O.C19H18F2N2O.C19H19FN2.C18H16BrFN2.C18H17FN2.CH4/c1-22-19-8-14(13-4-3-12(20)7-16(13)19)17-10-23-18-5-2-11(9-21)6-15(17)18;1-21-18-9-13(12-7-6-11(23-2)8-14(12)18)15-10-22-17-5-3-4-16(20)19(15)17;1-22-18-7-12(11-4-3-10(24-2)5-13(11)18)15-9-23-19-8-17(21)16(20)6-14(15)19;1-11-4-3-5-14-17(10-22-19(11)14)16-9-18(21-2)13-7-6-12(20)8-15(13)16;1-21-17-8-15(14-7-11(20)3-5-12(14)17)16-9-22-18-6-10(19)2-4-13(16)18;1-20-17-9-15(12-4-2-3-5-13(12)17)16-10-21-18-8-11(19)6-7-14(16)18;/h2-7,10,14,19,22-23H,8H2,1H3;3-8,10,13,18,21-22H,9H2,1-2H3;3-6,8-9,12,18,22-23H,7H2,1-2H3;3-8,10,16,18,21-22H,9H2,1-2H3;2-7,9,15,17,21-22H,8H2,1H3;2-8,10,15,17,20-21H,9H2,1H3;1H4. The van der Waals surface area contributed by atoms with Gasteiger partial charge in [0.2, 0.25) is 0 Å². The fourth-order valence-electron chi connectivity index (χ4n) is 22.4. The maximum atomic E-state index is 13.8. The summed E-state index contributed by atoms with van der Waals surface area (Å²) < 4.78 is 79.8. The van der Waals surface area contributed by atoms with E-state index in [2.05, 4.69) is 213 Å². The Labute approximate surface area is 806 Å². The van der Waals surface area contributed by atoms with Crippen molar-refractivity contribution in [3.05, 3.63) is 410 Å². The van der Waals surface area contributed by atoms with Gasteiger partial charge in [-0.3, -0.25) is 0 Å². The number of hydrogen-bond acceptors (Lipinski definition) is 9. The molecule has 0 aliphatic heterocycles. The third kappa shape index (κ3) is 17.8. The minimum Gasteiger partial charge on any atom is -0.497 e. The van der Waals surface area contributed by atoms with Crippen LogP contribution in [0.5, 0.6) is 11.5 Å². The van der Waals surface area contributed by atoms with Gasteiger partial charge >= 0.3 is 0 Å². The summed E-state index contributed by atoms with van der Waals surface area (Å²) in [6.07, 6.45) is 18.1. The number of H-pyrrole nitrogens is 6. The van der Waals surface area contributed by atoms with Crippen LogP contribution in [0.3, 0.4) is 0 Å². The Kier molecular flexibility index (Phi) is 27.6. The van der Waals surface area contributed by atoms with E-state index in [4.69, 9.17) is 32.7 Å². The average Bonchev–Trinajstić information content (AvgIpc) is 1.62. The molecule has 18 aromatic rings. The number of nitrogens with zero attached hydrogens (tertiary/aromatic N) is 1. The second-order valence-corrected chi connectivity index (χ2v) is 37.7. The number of fused-ring (bicyclic) bond motifs is 12. The van der Waals surface area contributed by atoms with Gasteiger partial charge in [-0.05, 0) is 321 Å². The molecule has 23 heteroatoms. The van der Waals surface area contributed by atoms with E-state index in [0.717, 1.165) is 125 Å². The summed E-state index contributed by atoms with van der Waals surface area (Å²) in [6, 6.07) is 73.4. The Morgan fingerprint density at radius 2 is 0.728 bits per heavy atom. The SMILES string of the molecule is C.CNC1CC(c2c[nH]c3c(C)cccc23)c2cc(F)ccc21.CNC1CC(c2c[nH]c3cc(Br)ccc23)c2cc(F)ccc21.CNC1CC(c2c[nH]c3cc(F)c(F)cc23)c2ccc(OC)cc21.CNC1CC(c2c[nH]c3cc(F)ccc23)c2ccccc21.CNC1CC(c2c[nH]c3ccc(C#N)cc23)c2ccc(Cl)cc21.CNC1CC(c2c[nH]c3cccc(Cl)c23)c2ccc(OC)cc21. The van der Waals surface area contributed by atoms with Crippen molar-refractivity contribution < 1.29 is 31.4 Å². The van der Waals surface area contributed by atoms with Gasteiger partial charge in [0, 0.05) is 190 Å². The molecule has 6 aliphatic carbocycles. The Bertz CT molecular complexity index is 7520. The number of nitriles is 1. The van der Waals surface area contributed by atoms with Crippen molar-refractivity contribution in [2.24, 2.45) is 0 Å². The van der Waals surface area contributed by atoms with Crippen molar-refractivity contribution >= 4 is 105 Å². The molecule has 12 unspecified atom stereocenters. The number of halogens is 8. The number of methoxy groups -OCH3 is 2. The van der Waals surface area contributed by atoms with Gasteiger partial charge < -0.3 is 71.3 Å². The van der Waals surface area contributed by atoms with Crippen LogP contribution in [0.1, 0.15) is 229 Å². The summed E-state index contributed by atoms with van der Waals surface area (Å²) in [5.41, 5.74) is 30.2. The molecule has 6 aliphatic rings. The normalized spacial score (nSPS) is 20.0. The predicted molar refractivity (Wildman–Crippen MR) is 545 cm³/mol. The summed E-state index contributed by atoms with van der Waals surface area (Å²) in [4.78, 5) is 19.7. The van der Waals surface area contributed by atoms with Gasteiger partial charge in [-0.25, -0.2) is 22.0 Å². The van der Waals surface area contributed by atoms with Crippen molar-refractivity contribution in [2.75, 3.05) is 56.5 Å². The lowest BCUT2D eigenvalue weighted by Gasteiger charge is -2.12. The van der Waals surface area contributed by atoms with Crippen molar-refractivity contribution in [1.82, 2.24) is 61.8 Å². The first-order valence-electron chi connectivity index (χ1n) is 45.9. The monoisotopic (exact) mass is 1920 g/mol. The lowest BCUT2D eigenvalue weighted by Crippen LogP contribution is -2.13. The molecule has 0 spiro atoms. The van der Waals surface area contributed by atoms with Crippen LogP contribution in [0.15, 0.2) is 260 Å². The number of aromatic nitrogens is 6. The minimum absolute atomic E-state index is 0. The zero-order valence-electron chi connectivity index (χ0n) is 76.2. The highest BCUT2D eigenvalue weighted by molar-refractivity contribution is 9.10. The maximum absolute atomic E-state index is 13.8. The lowest BCUT2D eigenvalue weighted by molar-refractivity contribution is 0.413. The van der Waals surface area contributed by atoms with Crippen LogP contribution in [0.25, 0.3) is 65.4 Å². The molecule has 694 valence electrons. The highest BCUT2D eigenvalue weighted by Crippen LogP contribution is 2.54. The summed E-state index contributed by atoms with van der Waals surface area (Å²) in [5.74, 6) is 1.14. The van der Waals surface area contributed by atoms with Crippen LogP contribution in [0.4, 0.5) is 22.0 Å². The molecule has 6 aromatic heterocycles. The molecule has 6 heterocycles. The molecule has 0 saturated carbocycles. The number of aryl methyl sites for hydroxylation is 1. The van der Waals surface area contributed by atoms with Crippen molar-refractivity contribution in [1.29, 1.82) is 5.26 Å². The average molecular weight is 1930 g/mol. The van der Waals surface area contributed by atoms with Gasteiger partial charge in [-0.2, -0.15) is 5.26 Å². The number of aromatic amines is 6. The molecule has 12 N–H and O–H groups in total. The van der Waals surface area contributed by atoms with E-state index in [1.54, 1.807) is 44.6 Å². The minimum atomic E-state index is -0.833. The van der Waals surface area contributed by atoms with Gasteiger partial charge in [0.15, 0.2) is 11.6 Å². The molecule has 0 amide bonds. The number of rotatable bonds is 14. The van der Waals surface area contributed by atoms with E-state index in [9.17, 15) is 27.2 Å². The maximum Gasteiger partial charge on any atom is 0.160 e. The third-order valence-corrected chi connectivity index (χ3v) is 30.0. The van der Waals surface area contributed by atoms with Crippen LogP contribution in [0.2, 0.25) is 10.0 Å². The summed E-state index contributed by atoms with van der Waals surface area (Å²) in [6.45, 7) is 2.11. The molecule has 12 atom stereocenters. The van der Waals surface area contributed by atoms with Crippen LogP contribution >= 0.6 is 39.1 Å². The molecule has 0 bridgehead atoms. The van der Waals surface area contributed by atoms with E-state index in [1.807, 2.05) is 127 Å². The van der Waals surface area contributed by atoms with E-state index in [1.165, 1.54) is 124 Å². The van der Waals surface area contributed by atoms with E-state index in [0.29, 0.717) is 47.0 Å². The second kappa shape index (κ2) is 40.0. The van der Waals surface area contributed by atoms with Gasteiger partial charge in [0.25, 0.3) is 0 Å². The highest BCUT2D eigenvalue weighted by Gasteiger charge is 2.40. The van der Waals surface area contributed by atoms with E-state index < -0.39 is 11.6 Å². The number of benzene rings is 12. The topological polar surface area (TPSA) is 209 Å². The molecular weight excluding hydrogens is 1820 g/mol. The first-order valence-corrected chi connectivity index (χ1v) is 47.4. The zero-order chi connectivity index (χ0) is 93.7. The number of ether oxygens (including phenoxy) is 2. The predicted octanol–water partition coefficient (Wildman–Crippen LogP) is 27.4. The van der Waals surface area contributed by atoms with E-state index >= 15 is 0 Å². The Morgan fingerprint density at radius 1 is 0.331 bits per heavy atom. The first kappa shape index (κ1) is 93.8. The summed E-state index contributed by atoms with van der Waals surface area (Å²) in [7, 11) is 15.2. The fourth-order valence-corrected chi connectivity index (χ4v) is 23.2. The quantitative estimate of drug-likeness (QED) is 0.0467. The van der Waals surface area contributed by atoms with Gasteiger partial charge in [-0.1, -0.05) is 131 Å². The van der Waals surface area contributed by atoms with Crippen LogP contribution in [-0.2, 0) is 0 Å². The van der Waals surface area contributed by atoms with Crippen LogP contribution in [0, 0.1) is 47.3 Å². The lowest BCUT2D eigenvalue weighted by atomic mass is 9.92. The molecular formula is C113H109BrCl2F5N13O2. The third-order valence-electron chi connectivity index (χ3n) is 29.0. The molecule has 15 nitrogen and oxygen atoms in total. The molecule has 24 rings (SSSR count). The fraction of sp³-hybridized carbons (Fsp3) is 0.248. The van der Waals surface area contributed by atoms with Crippen LogP contribution in [-0.4, -0.2) is 86.4 Å². The first-order chi connectivity index (χ1) is 65.7. The molecule has 136 heavy (non-hydrogen) atoms. The Morgan fingerprint density at radius 3 is 1.27 bits per heavy atom.